The highest BCUT2D eigenvalue weighted by Crippen LogP contribution is 2.40. The molecule has 1 unspecified atom stereocenters. The Kier molecular flexibility index (Phi) is 4.47. The van der Waals surface area contributed by atoms with Crippen LogP contribution in [0.1, 0.15) is 73.8 Å². The average molecular weight is 300 g/mol. The summed E-state index contributed by atoms with van der Waals surface area (Å²) >= 11 is 0. The third kappa shape index (κ3) is 3.16. The van der Waals surface area contributed by atoms with E-state index in [9.17, 15) is 10.1 Å². The smallest absolute Gasteiger partial charge is 0.255 e. The van der Waals surface area contributed by atoms with Crippen LogP contribution in [0.5, 0.6) is 0 Å². The summed E-state index contributed by atoms with van der Waals surface area (Å²) in [5.41, 5.74) is 1.58. The van der Waals surface area contributed by atoms with E-state index in [1.165, 1.54) is 19.3 Å². The van der Waals surface area contributed by atoms with Crippen LogP contribution in [0.4, 0.5) is 0 Å². The third-order valence-electron chi connectivity index (χ3n) is 4.87. The maximum absolute atomic E-state index is 12.6. The molecule has 2 aliphatic carbocycles. The molecule has 0 radical (unpaired) electrons. The van der Waals surface area contributed by atoms with E-state index in [0.29, 0.717) is 17.4 Å². The Bertz CT molecular complexity index is 576. The molecule has 0 aliphatic heterocycles. The molecule has 118 valence electrons. The van der Waals surface area contributed by atoms with Crippen LogP contribution < -0.4 is 5.32 Å². The van der Waals surface area contributed by atoms with Crippen LogP contribution in [-0.4, -0.2) is 21.7 Å². The van der Waals surface area contributed by atoms with Crippen molar-refractivity contribution in [2.24, 2.45) is 5.92 Å². The molecule has 3 rings (SSSR count). The first-order chi connectivity index (χ1) is 10.7. The molecule has 0 spiro atoms. The highest BCUT2D eigenvalue weighted by molar-refractivity contribution is 5.95. The standard InChI is InChI=1S/C17H24N4O/c1-2-21-11-14(16(20-21)13-8-9-13)17(22)19-15(10-18)12-6-4-3-5-7-12/h11-13,15H,2-9H2,1H3,(H,19,22). The first-order valence-electron chi connectivity index (χ1n) is 8.50. The van der Waals surface area contributed by atoms with Crippen molar-refractivity contribution in [1.82, 2.24) is 15.1 Å². The molecular weight excluding hydrogens is 276 g/mol. The van der Waals surface area contributed by atoms with Gasteiger partial charge in [-0.3, -0.25) is 9.48 Å². The highest BCUT2D eigenvalue weighted by atomic mass is 16.1. The van der Waals surface area contributed by atoms with Gasteiger partial charge < -0.3 is 5.32 Å². The zero-order valence-corrected chi connectivity index (χ0v) is 13.2. The number of nitriles is 1. The number of hydrogen-bond acceptors (Lipinski definition) is 3. The van der Waals surface area contributed by atoms with Crippen molar-refractivity contribution < 1.29 is 4.79 Å². The molecular formula is C17H24N4O. The van der Waals surface area contributed by atoms with Gasteiger partial charge in [-0.1, -0.05) is 19.3 Å². The van der Waals surface area contributed by atoms with Gasteiger partial charge in [-0.05, 0) is 38.5 Å². The van der Waals surface area contributed by atoms with Gasteiger partial charge in [0.1, 0.15) is 6.04 Å². The normalized spacial score (nSPS) is 20.4. The molecule has 1 amide bonds. The van der Waals surface area contributed by atoms with Crippen LogP contribution in [0.3, 0.4) is 0 Å². The summed E-state index contributed by atoms with van der Waals surface area (Å²) in [6.45, 7) is 2.78. The summed E-state index contributed by atoms with van der Waals surface area (Å²) < 4.78 is 1.82. The summed E-state index contributed by atoms with van der Waals surface area (Å²) in [5, 5.41) is 16.9. The van der Waals surface area contributed by atoms with Crippen molar-refractivity contribution >= 4 is 5.91 Å². The third-order valence-corrected chi connectivity index (χ3v) is 4.87. The fraction of sp³-hybridized carbons (Fsp3) is 0.706. The molecule has 1 aromatic rings. The molecule has 1 heterocycles. The fourth-order valence-electron chi connectivity index (χ4n) is 3.37. The van der Waals surface area contributed by atoms with Gasteiger partial charge in [-0.2, -0.15) is 10.4 Å². The summed E-state index contributed by atoms with van der Waals surface area (Å²) in [6, 6.07) is 1.93. The van der Waals surface area contributed by atoms with Gasteiger partial charge in [-0.25, -0.2) is 0 Å². The van der Waals surface area contributed by atoms with E-state index >= 15 is 0 Å². The van der Waals surface area contributed by atoms with Crippen LogP contribution in [0.2, 0.25) is 0 Å². The van der Waals surface area contributed by atoms with E-state index in [4.69, 9.17) is 0 Å². The number of carbonyl (C=O) groups excluding carboxylic acids is 1. The van der Waals surface area contributed by atoms with Crippen molar-refractivity contribution in [1.29, 1.82) is 5.26 Å². The molecule has 2 aliphatic rings. The minimum absolute atomic E-state index is 0.126. The van der Waals surface area contributed by atoms with Crippen LogP contribution in [-0.2, 0) is 6.54 Å². The van der Waals surface area contributed by atoms with Crippen molar-refractivity contribution in [2.75, 3.05) is 0 Å². The van der Waals surface area contributed by atoms with Gasteiger partial charge >= 0.3 is 0 Å². The van der Waals surface area contributed by atoms with E-state index in [1.807, 2.05) is 17.8 Å². The van der Waals surface area contributed by atoms with Crippen molar-refractivity contribution in [3.05, 3.63) is 17.5 Å². The topological polar surface area (TPSA) is 70.7 Å². The lowest BCUT2D eigenvalue weighted by Gasteiger charge is -2.26. The zero-order valence-electron chi connectivity index (χ0n) is 13.2. The number of nitrogens with one attached hydrogen (secondary N) is 1. The average Bonchev–Trinajstić information content (AvgIpc) is 3.32. The van der Waals surface area contributed by atoms with Crippen LogP contribution in [0.25, 0.3) is 0 Å². The lowest BCUT2D eigenvalue weighted by atomic mass is 9.84. The van der Waals surface area contributed by atoms with Crippen molar-refractivity contribution in [3.8, 4) is 6.07 Å². The quantitative estimate of drug-likeness (QED) is 0.908. The predicted octanol–water partition coefficient (Wildman–Crippen LogP) is 2.98. The second kappa shape index (κ2) is 6.51. The van der Waals surface area contributed by atoms with E-state index in [0.717, 1.165) is 37.9 Å². The van der Waals surface area contributed by atoms with Crippen LogP contribution >= 0.6 is 0 Å². The number of aryl methyl sites for hydroxylation is 1. The Labute approximate surface area is 131 Å². The second-order valence-corrected chi connectivity index (χ2v) is 6.54. The predicted molar refractivity (Wildman–Crippen MR) is 83.3 cm³/mol. The van der Waals surface area contributed by atoms with Crippen LogP contribution in [0, 0.1) is 17.2 Å². The van der Waals surface area contributed by atoms with Gasteiger partial charge in [-0.15, -0.1) is 0 Å². The van der Waals surface area contributed by atoms with Gasteiger partial charge in [0.25, 0.3) is 5.91 Å². The minimum atomic E-state index is -0.371. The second-order valence-electron chi connectivity index (χ2n) is 6.54. The molecule has 5 nitrogen and oxygen atoms in total. The lowest BCUT2D eigenvalue weighted by Crippen LogP contribution is -2.40. The Hall–Kier alpha value is -1.83. The van der Waals surface area contributed by atoms with Gasteiger partial charge in [0.05, 0.1) is 17.3 Å². The zero-order chi connectivity index (χ0) is 15.5. The van der Waals surface area contributed by atoms with Gasteiger partial charge in [0, 0.05) is 18.7 Å². The summed E-state index contributed by atoms with van der Waals surface area (Å²) in [5.74, 6) is 0.607. The van der Waals surface area contributed by atoms with Crippen LogP contribution in [0.15, 0.2) is 6.20 Å². The van der Waals surface area contributed by atoms with E-state index < -0.39 is 0 Å². The van der Waals surface area contributed by atoms with Gasteiger partial charge in [0.15, 0.2) is 0 Å². The Balaban J connectivity index is 1.73. The number of hydrogen-bond donors (Lipinski definition) is 1. The molecule has 1 N–H and O–H groups in total. The number of amides is 1. The lowest BCUT2D eigenvalue weighted by molar-refractivity contribution is 0.0928. The maximum atomic E-state index is 12.6. The molecule has 0 bridgehead atoms. The number of carbonyl (C=O) groups is 1. The number of aromatic nitrogens is 2. The van der Waals surface area contributed by atoms with E-state index in [1.54, 1.807) is 0 Å². The first kappa shape index (κ1) is 15.1. The molecule has 0 saturated heterocycles. The summed E-state index contributed by atoms with van der Waals surface area (Å²) in [6.07, 6.45) is 9.73. The van der Waals surface area contributed by atoms with Crippen molar-refractivity contribution in [3.63, 3.8) is 0 Å². The maximum Gasteiger partial charge on any atom is 0.255 e. The molecule has 2 saturated carbocycles. The molecule has 5 heteroatoms. The largest absolute Gasteiger partial charge is 0.336 e. The first-order valence-corrected chi connectivity index (χ1v) is 8.50. The SMILES string of the molecule is CCn1cc(C(=O)NC(C#N)C2CCCCC2)c(C2CC2)n1. The molecule has 1 atom stereocenters. The Morgan fingerprint density at radius 2 is 2.14 bits per heavy atom. The monoisotopic (exact) mass is 300 g/mol. The molecule has 22 heavy (non-hydrogen) atoms. The highest BCUT2D eigenvalue weighted by Gasteiger charge is 2.33. The van der Waals surface area contributed by atoms with E-state index in [-0.39, 0.29) is 11.9 Å². The van der Waals surface area contributed by atoms with Gasteiger partial charge in [0.2, 0.25) is 0 Å². The molecule has 0 aromatic carbocycles. The van der Waals surface area contributed by atoms with E-state index in [2.05, 4.69) is 16.5 Å². The summed E-state index contributed by atoms with van der Waals surface area (Å²) in [7, 11) is 0. The molecule has 2 fully saturated rings. The minimum Gasteiger partial charge on any atom is -0.336 e. The Morgan fingerprint density at radius 3 is 2.73 bits per heavy atom. The number of nitrogens with zero attached hydrogens (tertiary/aromatic N) is 3. The Morgan fingerprint density at radius 1 is 1.41 bits per heavy atom. The van der Waals surface area contributed by atoms with Crippen molar-refractivity contribution in [2.45, 2.75) is 70.4 Å². The number of rotatable bonds is 5. The fourth-order valence-corrected chi connectivity index (χ4v) is 3.37. The summed E-state index contributed by atoms with van der Waals surface area (Å²) in [4.78, 5) is 12.6. The molecule has 1 aromatic heterocycles.